The molecule has 2 rings (SSSR count). The molecule has 1 unspecified atom stereocenters. The lowest BCUT2D eigenvalue weighted by Gasteiger charge is -2.19. The van der Waals surface area contributed by atoms with Crippen molar-refractivity contribution in [3.05, 3.63) is 59.7 Å². The van der Waals surface area contributed by atoms with E-state index in [1.165, 1.54) is 11.1 Å². The smallest absolute Gasteiger partial charge is 0.122 e. The first-order chi connectivity index (χ1) is 12.4. The van der Waals surface area contributed by atoms with Gasteiger partial charge in [-0.25, -0.2) is 0 Å². The zero-order valence-electron chi connectivity index (χ0n) is 16.6. The molecule has 0 saturated heterocycles. The third-order valence-corrected chi connectivity index (χ3v) is 4.35. The number of rotatable bonds is 7. The van der Waals surface area contributed by atoms with E-state index in [1.54, 1.807) is 0 Å². The third-order valence-electron chi connectivity index (χ3n) is 4.35. The fraction of sp³-hybridized carbons (Fsp3) is 0.417. The molecule has 0 heterocycles. The molecule has 0 saturated carbocycles. The predicted molar refractivity (Wildman–Crippen MR) is 109 cm³/mol. The summed E-state index contributed by atoms with van der Waals surface area (Å²) in [5, 5.41) is 0. The van der Waals surface area contributed by atoms with Crippen LogP contribution in [0.1, 0.15) is 58.1 Å². The Morgan fingerprint density at radius 3 is 1.77 bits per heavy atom. The summed E-state index contributed by atoms with van der Waals surface area (Å²) >= 11 is 0. The zero-order chi connectivity index (χ0) is 19.0. The topological polar surface area (TPSA) is 18.5 Å². The van der Waals surface area contributed by atoms with Crippen LogP contribution in [-0.2, 0) is 5.41 Å². The molecule has 0 aliphatic rings. The molecule has 2 nitrogen and oxygen atoms in total. The van der Waals surface area contributed by atoms with E-state index >= 15 is 0 Å². The van der Waals surface area contributed by atoms with E-state index in [0.717, 1.165) is 17.9 Å². The molecule has 2 aromatic rings. The van der Waals surface area contributed by atoms with Crippen molar-refractivity contribution in [2.45, 2.75) is 52.4 Å². The maximum atomic E-state index is 5.77. The van der Waals surface area contributed by atoms with Gasteiger partial charge in [0.2, 0.25) is 0 Å². The normalized spacial score (nSPS) is 12.0. The Bertz CT molecular complexity index is 725. The molecule has 0 N–H and O–H groups in total. The maximum absolute atomic E-state index is 5.77. The largest absolute Gasteiger partial charge is 0.490 e. The fourth-order valence-electron chi connectivity index (χ4n) is 2.76. The highest BCUT2D eigenvalue weighted by Gasteiger charge is 2.12. The summed E-state index contributed by atoms with van der Waals surface area (Å²) in [6.45, 7) is 11.7. The van der Waals surface area contributed by atoms with Gasteiger partial charge in [0.15, 0.2) is 0 Å². The van der Waals surface area contributed by atoms with E-state index in [9.17, 15) is 0 Å². The van der Waals surface area contributed by atoms with Crippen LogP contribution >= 0.6 is 0 Å². The Labute approximate surface area is 158 Å². The summed E-state index contributed by atoms with van der Waals surface area (Å²) in [4.78, 5) is 0. The van der Waals surface area contributed by atoms with E-state index < -0.39 is 0 Å². The molecule has 2 heteroatoms. The van der Waals surface area contributed by atoms with Gasteiger partial charge >= 0.3 is 0 Å². The van der Waals surface area contributed by atoms with Crippen LogP contribution in [-0.4, -0.2) is 13.2 Å². The van der Waals surface area contributed by atoms with E-state index in [0.29, 0.717) is 19.1 Å². The molecular weight excluding hydrogens is 320 g/mol. The van der Waals surface area contributed by atoms with Crippen LogP contribution in [0.4, 0.5) is 0 Å². The van der Waals surface area contributed by atoms with E-state index in [1.807, 2.05) is 31.2 Å². The second-order valence-electron chi connectivity index (χ2n) is 7.40. The van der Waals surface area contributed by atoms with Crippen molar-refractivity contribution >= 4 is 0 Å². The molecule has 0 fully saturated rings. The molecule has 1 atom stereocenters. The summed E-state index contributed by atoms with van der Waals surface area (Å²) in [6.07, 6.45) is 1.02. The van der Waals surface area contributed by atoms with Crippen LogP contribution in [0.5, 0.6) is 11.5 Å². The summed E-state index contributed by atoms with van der Waals surface area (Å²) in [7, 11) is 0. The molecule has 0 radical (unpaired) electrons. The van der Waals surface area contributed by atoms with Gasteiger partial charge in [-0.05, 0) is 54.2 Å². The van der Waals surface area contributed by atoms with Crippen molar-refractivity contribution in [3.8, 4) is 23.3 Å². The molecule has 26 heavy (non-hydrogen) atoms. The van der Waals surface area contributed by atoms with Crippen molar-refractivity contribution in [2.75, 3.05) is 13.2 Å². The Hall–Kier alpha value is -2.40. The minimum absolute atomic E-state index is 0.160. The summed E-state index contributed by atoms with van der Waals surface area (Å²) in [6, 6.07) is 16.5. The average molecular weight is 351 g/mol. The second-order valence-corrected chi connectivity index (χ2v) is 7.40. The average Bonchev–Trinajstić information content (AvgIpc) is 2.63. The molecule has 138 valence electrons. The number of hydrogen-bond donors (Lipinski definition) is 0. The molecular formula is C24H30O2. The minimum Gasteiger partial charge on any atom is -0.490 e. The monoisotopic (exact) mass is 350 g/mol. The zero-order valence-corrected chi connectivity index (χ0v) is 16.6. The van der Waals surface area contributed by atoms with Crippen LogP contribution in [0.2, 0.25) is 0 Å². The first-order valence-corrected chi connectivity index (χ1v) is 9.32. The molecule has 2 aromatic carbocycles. The van der Waals surface area contributed by atoms with Crippen molar-refractivity contribution in [3.63, 3.8) is 0 Å². The quantitative estimate of drug-likeness (QED) is 0.453. The predicted octanol–water partition coefficient (Wildman–Crippen LogP) is 5.96. The fourth-order valence-corrected chi connectivity index (χ4v) is 2.76. The first kappa shape index (κ1) is 19.9. The van der Waals surface area contributed by atoms with Gasteiger partial charge in [-0.3, -0.25) is 0 Å². The van der Waals surface area contributed by atoms with E-state index in [4.69, 9.17) is 9.47 Å². The molecule has 0 aliphatic heterocycles. The van der Waals surface area contributed by atoms with E-state index in [-0.39, 0.29) is 5.41 Å². The minimum atomic E-state index is 0.160. The van der Waals surface area contributed by atoms with Crippen molar-refractivity contribution < 1.29 is 9.47 Å². The van der Waals surface area contributed by atoms with Crippen molar-refractivity contribution in [1.82, 2.24) is 0 Å². The maximum Gasteiger partial charge on any atom is 0.122 e. The summed E-state index contributed by atoms with van der Waals surface area (Å²) < 4.78 is 11.5. The Morgan fingerprint density at radius 1 is 0.846 bits per heavy atom. The van der Waals surface area contributed by atoms with Gasteiger partial charge < -0.3 is 9.47 Å². The Morgan fingerprint density at radius 2 is 1.35 bits per heavy atom. The van der Waals surface area contributed by atoms with Crippen LogP contribution in [0.25, 0.3) is 0 Å². The van der Waals surface area contributed by atoms with Crippen LogP contribution < -0.4 is 9.47 Å². The highest BCUT2D eigenvalue weighted by atomic mass is 16.5. The number of ether oxygens (including phenoxy) is 2. The lowest BCUT2D eigenvalue weighted by molar-refractivity contribution is 0.217. The first-order valence-electron chi connectivity index (χ1n) is 9.32. The summed E-state index contributed by atoms with van der Waals surface area (Å²) in [5.74, 6) is 8.28. The third kappa shape index (κ3) is 5.85. The van der Waals surface area contributed by atoms with Gasteiger partial charge in [0.05, 0.1) is 0 Å². The van der Waals surface area contributed by atoms with Gasteiger partial charge in [-0.15, -0.1) is 5.92 Å². The lowest BCUT2D eigenvalue weighted by atomic mass is 9.87. The highest BCUT2D eigenvalue weighted by Crippen LogP contribution is 2.24. The number of hydrogen-bond acceptors (Lipinski definition) is 2. The summed E-state index contributed by atoms with van der Waals surface area (Å²) in [5.41, 5.74) is 2.71. The van der Waals surface area contributed by atoms with Crippen molar-refractivity contribution in [2.24, 2.45) is 0 Å². The van der Waals surface area contributed by atoms with Crippen LogP contribution in [0.3, 0.4) is 0 Å². The Kier molecular flexibility index (Phi) is 7.16. The molecule has 0 spiro atoms. The van der Waals surface area contributed by atoms with Gasteiger partial charge in [0.1, 0.15) is 24.7 Å². The molecule has 0 bridgehead atoms. The second kappa shape index (κ2) is 9.34. The van der Waals surface area contributed by atoms with Gasteiger partial charge in [-0.1, -0.05) is 57.9 Å². The number of benzene rings is 2. The van der Waals surface area contributed by atoms with Crippen molar-refractivity contribution in [1.29, 1.82) is 0 Å². The Balaban J connectivity index is 1.80. The van der Waals surface area contributed by atoms with Gasteiger partial charge in [0.25, 0.3) is 0 Å². The molecule has 0 amide bonds. The highest BCUT2D eigenvalue weighted by molar-refractivity contribution is 5.33. The molecule has 0 aromatic heterocycles. The van der Waals surface area contributed by atoms with E-state index in [2.05, 4.69) is 63.8 Å². The standard InChI is InChI=1S/C24H30O2/c1-6-8-19(7-2)20-9-13-22(14-10-20)25-17-18-26-23-15-11-21(12-16-23)24(3,4)5/h9-16,19H,7,17-18H2,1-5H3. The van der Waals surface area contributed by atoms with Crippen LogP contribution in [0.15, 0.2) is 48.5 Å². The van der Waals surface area contributed by atoms with Gasteiger partial charge in [-0.2, -0.15) is 0 Å². The lowest BCUT2D eigenvalue weighted by Crippen LogP contribution is -2.11. The van der Waals surface area contributed by atoms with Gasteiger partial charge in [0, 0.05) is 5.92 Å². The molecule has 0 aliphatic carbocycles. The van der Waals surface area contributed by atoms with Crippen LogP contribution in [0, 0.1) is 11.8 Å². The SMILES string of the molecule is CC#CC(CC)c1ccc(OCCOc2ccc(C(C)(C)C)cc2)cc1.